The Balaban J connectivity index is 2.39. The fraction of sp³-hybridized carbons (Fsp3) is 0.300. The van der Waals surface area contributed by atoms with Gasteiger partial charge < -0.3 is 5.32 Å². The van der Waals surface area contributed by atoms with Crippen molar-refractivity contribution in [2.75, 3.05) is 11.9 Å². The van der Waals surface area contributed by atoms with Crippen molar-refractivity contribution in [2.24, 2.45) is 0 Å². The Bertz CT molecular complexity index is 317. The first-order valence-corrected chi connectivity index (χ1v) is 5.42. The molecule has 14 heavy (non-hydrogen) atoms. The van der Waals surface area contributed by atoms with Crippen LogP contribution in [0.15, 0.2) is 24.3 Å². The van der Waals surface area contributed by atoms with E-state index in [2.05, 4.69) is 21.2 Å². The molecule has 1 amide bonds. The number of alkyl halides is 1. The van der Waals surface area contributed by atoms with Gasteiger partial charge in [-0.15, -0.1) is 0 Å². The zero-order chi connectivity index (χ0) is 10.4. The van der Waals surface area contributed by atoms with Crippen molar-refractivity contribution in [2.45, 2.75) is 6.42 Å². The highest BCUT2D eigenvalue weighted by molar-refractivity contribution is 9.09. The summed E-state index contributed by atoms with van der Waals surface area (Å²) >= 11 is 3.03. The zero-order valence-corrected chi connectivity index (χ0v) is 9.18. The first kappa shape index (κ1) is 11.2. The summed E-state index contributed by atoms with van der Waals surface area (Å²) in [5, 5.41) is 2.94. The van der Waals surface area contributed by atoms with Crippen LogP contribution in [0.1, 0.15) is 5.56 Å². The molecular formula is C10H11BrFNO. The van der Waals surface area contributed by atoms with Gasteiger partial charge in [0.1, 0.15) is 5.82 Å². The summed E-state index contributed by atoms with van der Waals surface area (Å²) < 4.78 is 13.1. The van der Waals surface area contributed by atoms with Crippen LogP contribution in [-0.4, -0.2) is 17.8 Å². The minimum Gasteiger partial charge on any atom is -0.355 e. The zero-order valence-electron chi connectivity index (χ0n) is 7.59. The van der Waals surface area contributed by atoms with Crippen molar-refractivity contribution in [1.29, 1.82) is 0 Å². The van der Waals surface area contributed by atoms with Gasteiger partial charge in [0, 0.05) is 6.54 Å². The van der Waals surface area contributed by atoms with Crippen LogP contribution < -0.4 is 5.32 Å². The number of benzene rings is 1. The number of hydrogen-bond donors (Lipinski definition) is 1. The average Bonchev–Trinajstić information content (AvgIpc) is 2.20. The minimum absolute atomic E-state index is 0.0821. The summed E-state index contributed by atoms with van der Waals surface area (Å²) in [6, 6.07) is 6.57. The standard InChI is InChI=1S/C10H11BrFNO/c11-7-10(14)13-6-5-8-3-1-2-4-9(8)12/h1-4H,5-7H2,(H,13,14). The van der Waals surface area contributed by atoms with E-state index in [1.165, 1.54) is 6.07 Å². The van der Waals surface area contributed by atoms with E-state index in [9.17, 15) is 9.18 Å². The lowest BCUT2D eigenvalue weighted by molar-refractivity contribution is -0.118. The molecule has 0 fully saturated rings. The van der Waals surface area contributed by atoms with Gasteiger partial charge in [-0.3, -0.25) is 4.79 Å². The molecule has 0 aromatic heterocycles. The molecule has 0 saturated heterocycles. The predicted molar refractivity (Wildman–Crippen MR) is 56.9 cm³/mol. The van der Waals surface area contributed by atoms with Crippen LogP contribution in [0, 0.1) is 5.82 Å². The highest BCUT2D eigenvalue weighted by Crippen LogP contribution is 2.05. The molecule has 0 unspecified atom stereocenters. The maximum atomic E-state index is 13.1. The van der Waals surface area contributed by atoms with Crippen molar-refractivity contribution in [3.8, 4) is 0 Å². The number of carbonyl (C=O) groups excluding carboxylic acids is 1. The molecule has 4 heteroatoms. The van der Waals surface area contributed by atoms with Crippen LogP contribution in [-0.2, 0) is 11.2 Å². The third-order valence-corrected chi connectivity index (χ3v) is 2.31. The molecule has 1 N–H and O–H groups in total. The summed E-state index contributed by atoms with van der Waals surface area (Å²) in [4.78, 5) is 10.8. The summed E-state index contributed by atoms with van der Waals surface area (Å²) in [5.74, 6) is -0.304. The van der Waals surface area contributed by atoms with Crippen molar-refractivity contribution < 1.29 is 9.18 Å². The van der Waals surface area contributed by atoms with Crippen molar-refractivity contribution >= 4 is 21.8 Å². The molecule has 0 heterocycles. The Labute approximate surface area is 90.6 Å². The second kappa shape index (κ2) is 5.75. The quantitative estimate of drug-likeness (QED) is 0.823. The highest BCUT2D eigenvalue weighted by Gasteiger charge is 2.01. The fourth-order valence-corrected chi connectivity index (χ4v) is 1.28. The van der Waals surface area contributed by atoms with Crippen LogP contribution in [0.2, 0.25) is 0 Å². The number of nitrogens with one attached hydrogen (secondary N) is 1. The van der Waals surface area contributed by atoms with E-state index in [1.807, 2.05) is 0 Å². The van der Waals surface area contributed by atoms with Gasteiger partial charge in [0.25, 0.3) is 0 Å². The van der Waals surface area contributed by atoms with Crippen LogP contribution in [0.5, 0.6) is 0 Å². The second-order valence-electron chi connectivity index (χ2n) is 2.82. The fourth-order valence-electron chi connectivity index (χ4n) is 1.08. The largest absolute Gasteiger partial charge is 0.355 e. The average molecular weight is 260 g/mol. The summed E-state index contributed by atoms with van der Waals surface area (Å²) in [6.45, 7) is 0.464. The highest BCUT2D eigenvalue weighted by atomic mass is 79.9. The van der Waals surface area contributed by atoms with Gasteiger partial charge in [0.2, 0.25) is 5.91 Å². The Kier molecular flexibility index (Phi) is 4.59. The second-order valence-corrected chi connectivity index (χ2v) is 3.39. The predicted octanol–water partition coefficient (Wildman–Crippen LogP) is 1.88. The maximum Gasteiger partial charge on any atom is 0.230 e. The lowest BCUT2D eigenvalue weighted by atomic mass is 10.1. The number of hydrogen-bond acceptors (Lipinski definition) is 1. The Morgan fingerprint density at radius 2 is 2.14 bits per heavy atom. The molecule has 76 valence electrons. The summed E-state index contributed by atoms with van der Waals surface area (Å²) in [6.07, 6.45) is 0.519. The Hall–Kier alpha value is -0.900. The van der Waals surface area contributed by atoms with Gasteiger partial charge in [0.15, 0.2) is 0 Å². The minimum atomic E-state index is -0.222. The molecule has 0 bridgehead atoms. The normalized spacial score (nSPS) is 9.86. The first-order valence-electron chi connectivity index (χ1n) is 4.30. The topological polar surface area (TPSA) is 29.1 Å². The monoisotopic (exact) mass is 259 g/mol. The first-order chi connectivity index (χ1) is 6.74. The molecule has 2 nitrogen and oxygen atoms in total. The molecule has 1 rings (SSSR count). The SMILES string of the molecule is O=C(CBr)NCCc1ccccc1F. The van der Waals surface area contributed by atoms with Crippen molar-refractivity contribution in [1.82, 2.24) is 5.32 Å². The van der Waals surface area contributed by atoms with Gasteiger partial charge in [-0.1, -0.05) is 34.1 Å². The molecule has 1 aromatic carbocycles. The van der Waals surface area contributed by atoms with E-state index in [-0.39, 0.29) is 17.1 Å². The van der Waals surface area contributed by atoms with Crippen LogP contribution in [0.4, 0.5) is 4.39 Å². The number of amides is 1. The number of rotatable bonds is 4. The Morgan fingerprint density at radius 3 is 2.79 bits per heavy atom. The van der Waals surface area contributed by atoms with Gasteiger partial charge in [0.05, 0.1) is 5.33 Å². The lowest BCUT2D eigenvalue weighted by Gasteiger charge is -2.03. The van der Waals surface area contributed by atoms with E-state index in [4.69, 9.17) is 0 Å². The van der Waals surface area contributed by atoms with Gasteiger partial charge in [-0.05, 0) is 18.1 Å². The Morgan fingerprint density at radius 1 is 1.43 bits per heavy atom. The van der Waals surface area contributed by atoms with E-state index < -0.39 is 0 Å². The van der Waals surface area contributed by atoms with Crippen LogP contribution >= 0.6 is 15.9 Å². The molecule has 0 saturated carbocycles. The molecule has 0 aliphatic heterocycles. The summed E-state index contributed by atoms with van der Waals surface area (Å²) in [7, 11) is 0. The van der Waals surface area contributed by atoms with E-state index in [0.29, 0.717) is 18.5 Å². The number of carbonyl (C=O) groups is 1. The van der Waals surface area contributed by atoms with Gasteiger partial charge in [-0.25, -0.2) is 4.39 Å². The molecule has 0 radical (unpaired) electrons. The van der Waals surface area contributed by atoms with Gasteiger partial charge in [-0.2, -0.15) is 0 Å². The van der Waals surface area contributed by atoms with Crippen LogP contribution in [0.3, 0.4) is 0 Å². The molecule has 0 atom stereocenters. The lowest BCUT2D eigenvalue weighted by Crippen LogP contribution is -2.26. The molecule has 0 aliphatic carbocycles. The summed E-state index contributed by atoms with van der Waals surface area (Å²) in [5.41, 5.74) is 0.627. The van der Waals surface area contributed by atoms with E-state index >= 15 is 0 Å². The van der Waals surface area contributed by atoms with E-state index in [1.54, 1.807) is 18.2 Å². The molecular weight excluding hydrogens is 249 g/mol. The smallest absolute Gasteiger partial charge is 0.230 e. The molecule has 0 aliphatic rings. The number of halogens is 2. The molecule has 1 aromatic rings. The van der Waals surface area contributed by atoms with Crippen molar-refractivity contribution in [3.63, 3.8) is 0 Å². The van der Waals surface area contributed by atoms with Crippen LogP contribution in [0.25, 0.3) is 0 Å². The van der Waals surface area contributed by atoms with Gasteiger partial charge >= 0.3 is 0 Å². The third-order valence-electron chi connectivity index (χ3n) is 1.80. The maximum absolute atomic E-state index is 13.1. The molecule has 0 spiro atoms. The third kappa shape index (κ3) is 3.46. The van der Waals surface area contributed by atoms with Crippen molar-refractivity contribution in [3.05, 3.63) is 35.6 Å². The van der Waals surface area contributed by atoms with E-state index in [0.717, 1.165) is 0 Å².